The van der Waals surface area contributed by atoms with Gasteiger partial charge in [0.1, 0.15) is 6.04 Å². The second kappa shape index (κ2) is 7.63. The molecule has 0 bridgehead atoms. The van der Waals surface area contributed by atoms with Gasteiger partial charge in [-0.25, -0.2) is 0 Å². The predicted molar refractivity (Wildman–Crippen MR) is 112 cm³/mol. The third-order valence-electron chi connectivity index (χ3n) is 6.12. The molecule has 0 aromatic heterocycles. The summed E-state index contributed by atoms with van der Waals surface area (Å²) in [5, 5.41) is 9.14. The molecule has 2 atom stereocenters. The maximum Gasteiger partial charge on any atom is 0.262 e. The lowest BCUT2D eigenvalue weighted by atomic mass is 9.99. The zero-order valence-corrected chi connectivity index (χ0v) is 16.8. The molecule has 4 amide bonds. The third kappa shape index (κ3) is 3.48. The first-order chi connectivity index (χ1) is 15.0. The van der Waals surface area contributed by atoms with Gasteiger partial charge < -0.3 is 10.6 Å². The van der Waals surface area contributed by atoms with Crippen molar-refractivity contribution in [1.29, 1.82) is 0 Å². The van der Waals surface area contributed by atoms with E-state index in [1.54, 1.807) is 12.1 Å². The summed E-state index contributed by atoms with van der Waals surface area (Å²) in [4.78, 5) is 50.3. The number of para-hydroxylation sites is 1. The Morgan fingerprint density at radius 2 is 1.81 bits per heavy atom. The molecule has 0 aliphatic carbocycles. The first-order valence-electron chi connectivity index (χ1n) is 10.4. The quantitative estimate of drug-likeness (QED) is 0.645. The fourth-order valence-electron chi connectivity index (χ4n) is 4.48. The number of amides is 4. The Labute approximate surface area is 179 Å². The summed E-state index contributed by atoms with van der Waals surface area (Å²) in [5.74, 6) is -1.95. The van der Waals surface area contributed by atoms with E-state index in [4.69, 9.17) is 0 Å². The second-order valence-corrected chi connectivity index (χ2v) is 8.15. The third-order valence-corrected chi connectivity index (χ3v) is 6.12. The van der Waals surface area contributed by atoms with Gasteiger partial charge in [0.2, 0.25) is 11.8 Å². The van der Waals surface area contributed by atoms with Gasteiger partial charge >= 0.3 is 0 Å². The zero-order chi connectivity index (χ0) is 21.5. The Morgan fingerprint density at radius 1 is 1.00 bits per heavy atom. The number of nitrogens with zero attached hydrogens (tertiary/aromatic N) is 1. The average molecular weight is 418 g/mol. The number of anilines is 1. The van der Waals surface area contributed by atoms with Gasteiger partial charge in [-0.2, -0.15) is 0 Å². The molecule has 0 spiro atoms. The topological polar surface area (TPSA) is 108 Å². The van der Waals surface area contributed by atoms with Crippen molar-refractivity contribution in [2.45, 2.75) is 37.9 Å². The molecule has 3 aliphatic heterocycles. The van der Waals surface area contributed by atoms with Crippen LogP contribution in [0.15, 0.2) is 42.5 Å². The van der Waals surface area contributed by atoms with Crippen LogP contribution in [0, 0.1) is 0 Å². The van der Waals surface area contributed by atoms with Crippen LogP contribution in [0.5, 0.6) is 0 Å². The van der Waals surface area contributed by atoms with Crippen molar-refractivity contribution in [2.75, 3.05) is 11.9 Å². The van der Waals surface area contributed by atoms with Crippen LogP contribution in [-0.2, 0) is 22.6 Å². The minimum absolute atomic E-state index is 0.109. The Kier molecular flexibility index (Phi) is 4.78. The van der Waals surface area contributed by atoms with Crippen molar-refractivity contribution in [3.63, 3.8) is 0 Å². The molecule has 158 valence electrons. The number of rotatable bonds is 4. The monoisotopic (exact) mass is 418 g/mol. The minimum Gasteiger partial charge on any atom is -0.383 e. The number of fused-ring (bicyclic) bond motifs is 2. The van der Waals surface area contributed by atoms with E-state index in [1.165, 1.54) is 5.56 Å². The molecule has 8 heteroatoms. The van der Waals surface area contributed by atoms with E-state index in [2.05, 4.69) is 28.1 Å². The van der Waals surface area contributed by atoms with Gasteiger partial charge in [-0.15, -0.1) is 0 Å². The molecule has 0 radical (unpaired) electrons. The molecule has 3 heterocycles. The van der Waals surface area contributed by atoms with Crippen LogP contribution in [0.25, 0.3) is 0 Å². The van der Waals surface area contributed by atoms with Crippen molar-refractivity contribution >= 4 is 29.3 Å². The molecule has 2 aromatic rings. The predicted octanol–water partition coefficient (Wildman–Crippen LogP) is 1.21. The average Bonchev–Trinajstić information content (AvgIpc) is 3.02. The summed E-state index contributed by atoms with van der Waals surface area (Å²) in [6.07, 6.45) is 1.17. The van der Waals surface area contributed by atoms with E-state index in [0.717, 1.165) is 29.1 Å². The summed E-state index contributed by atoms with van der Waals surface area (Å²) >= 11 is 0. The van der Waals surface area contributed by atoms with Crippen molar-refractivity contribution in [1.82, 2.24) is 15.5 Å². The van der Waals surface area contributed by atoms with Crippen LogP contribution >= 0.6 is 0 Å². The molecule has 3 N–H and O–H groups in total. The summed E-state index contributed by atoms with van der Waals surface area (Å²) in [5.41, 5.74) is 3.92. The van der Waals surface area contributed by atoms with Gasteiger partial charge in [0.25, 0.3) is 11.8 Å². The number of benzene rings is 2. The fraction of sp³-hybridized carbons (Fsp3) is 0.304. The van der Waals surface area contributed by atoms with E-state index >= 15 is 0 Å². The van der Waals surface area contributed by atoms with E-state index in [0.29, 0.717) is 17.7 Å². The van der Waals surface area contributed by atoms with E-state index in [1.807, 2.05) is 18.2 Å². The van der Waals surface area contributed by atoms with Gasteiger partial charge in [0, 0.05) is 31.2 Å². The van der Waals surface area contributed by atoms with E-state index in [9.17, 15) is 19.2 Å². The normalized spacial score (nSPS) is 22.6. The standard InChI is InChI=1S/C23H22N4O4/c28-20-8-7-19(21(29)26-20)27-22(30)16-6-5-13(9-17(16)23(27)31)11-24-15-10-14-3-1-2-4-18(14)25-12-15/h1-6,9,15,19,24-25H,7-8,10-12H2,(H,26,28,29). The Bertz CT molecular complexity index is 1110. The number of imide groups is 2. The van der Waals surface area contributed by atoms with Gasteiger partial charge in [-0.1, -0.05) is 24.3 Å². The Hall–Kier alpha value is -3.52. The zero-order valence-electron chi connectivity index (χ0n) is 16.8. The van der Waals surface area contributed by atoms with Gasteiger partial charge in [-0.05, 0) is 42.2 Å². The van der Waals surface area contributed by atoms with Crippen molar-refractivity contribution in [2.24, 2.45) is 0 Å². The number of carbonyl (C=O) groups is 4. The lowest BCUT2D eigenvalue weighted by Crippen LogP contribution is -2.54. The van der Waals surface area contributed by atoms with Crippen LogP contribution in [-0.4, -0.2) is 47.2 Å². The fourth-order valence-corrected chi connectivity index (χ4v) is 4.48. The van der Waals surface area contributed by atoms with Crippen molar-refractivity contribution < 1.29 is 19.2 Å². The number of hydrogen-bond donors (Lipinski definition) is 3. The molecular formula is C23H22N4O4. The molecule has 2 aromatic carbocycles. The summed E-state index contributed by atoms with van der Waals surface area (Å²) in [6.45, 7) is 1.37. The lowest BCUT2D eigenvalue weighted by Gasteiger charge is -2.27. The first-order valence-corrected chi connectivity index (χ1v) is 10.4. The van der Waals surface area contributed by atoms with E-state index < -0.39 is 23.8 Å². The Balaban J connectivity index is 1.28. The van der Waals surface area contributed by atoms with Crippen LogP contribution < -0.4 is 16.0 Å². The van der Waals surface area contributed by atoms with Crippen LogP contribution in [0.4, 0.5) is 5.69 Å². The molecule has 5 rings (SSSR count). The largest absolute Gasteiger partial charge is 0.383 e. The van der Waals surface area contributed by atoms with Crippen molar-refractivity contribution in [3.05, 3.63) is 64.7 Å². The maximum absolute atomic E-state index is 12.9. The number of hydrogen-bond acceptors (Lipinski definition) is 6. The highest BCUT2D eigenvalue weighted by Gasteiger charge is 2.44. The molecule has 1 fully saturated rings. The highest BCUT2D eigenvalue weighted by Crippen LogP contribution is 2.28. The first kappa shape index (κ1) is 19.4. The summed E-state index contributed by atoms with van der Waals surface area (Å²) < 4.78 is 0. The lowest BCUT2D eigenvalue weighted by molar-refractivity contribution is -0.136. The SMILES string of the molecule is O=C1CCC(N2C(=O)c3ccc(CNC4CNc5ccccc5C4)cc3C2=O)C(=O)N1. The second-order valence-electron chi connectivity index (χ2n) is 8.15. The molecule has 0 saturated carbocycles. The van der Waals surface area contributed by atoms with Crippen LogP contribution in [0.2, 0.25) is 0 Å². The highest BCUT2D eigenvalue weighted by molar-refractivity contribution is 6.23. The number of piperidine rings is 1. The molecule has 2 unspecified atom stereocenters. The van der Waals surface area contributed by atoms with Gasteiger partial charge in [-0.3, -0.25) is 29.4 Å². The Morgan fingerprint density at radius 3 is 2.65 bits per heavy atom. The minimum atomic E-state index is -0.944. The van der Waals surface area contributed by atoms with Crippen LogP contribution in [0.3, 0.4) is 0 Å². The number of carbonyl (C=O) groups excluding carboxylic acids is 4. The molecule has 1 saturated heterocycles. The molecular weight excluding hydrogens is 396 g/mol. The summed E-state index contributed by atoms with van der Waals surface area (Å²) in [6, 6.07) is 12.7. The van der Waals surface area contributed by atoms with Gasteiger partial charge in [0.15, 0.2) is 0 Å². The molecule has 31 heavy (non-hydrogen) atoms. The molecule has 3 aliphatic rings. The maximum atomic E-state index is 12.9. The van der Waals surface area contributed by atoms with Gasteiger partial charge in [0.05, 0.1) is 11.1 Å². The molecule has 8 nitrogen and oxygen atoms in total. The van der Waals surface area contributed by atoms with E-state index in [-0.39, 0.29) is 24.8 Å². The number of nitrogens with one attached hydrogen (secondary N) is 3. The smallest absolute Gasteiger partial charge is 0.262 e. The van der Waals surface area contributed by atoms with Crippen LogP contribution in [0.1, 0.15) is 44.7 Å². The van der Waals surface area contributed by atoms with Crippen molar-refractivity contribution in [3.8, 4) is 0 Å². The highest BCUT2D eigenvalue weighted by atomic mass is 16.2. The summed E-state index contributed by atoms with van der Waals surface area (Å²) in [7, 11) is 0.